The van der Waals surface area contributed by atoms with Crippen LogP contribution in [0.15, 0.2) is 42.5 Å². The summed E-state index contributed by atoms with van der Waals surface area (Å²) in [6.45, 7) is 1.87. The van der Waals surface area contributed by atoms with E-state index >= 15 is 0 Å². The first-order valence-corrected chi connectivity index (χ1v) is 6.65. The van der Waals surface area contributed by atoms with Gasteiger partial charge in [-0.25, -0.2) is 4.98 Å². The maximum absolute atomic E-state index is 11.9. The highest BCUT2D eigenvalue weighted by molar-refractivity contribution is 7.80. The molecule has 4 nitrogen and oxygen atoms in total. The molecule has 0 aliphatic rings. The van der Waals surface area contributed by atoms with Gasteiger partial charge in [0.15, 0.2) is 5.11 Å². The van der Waals surface area contributed by atoms with Crippen LogP contribution in [-0.4, -0.2) is 16.0 Å². The van der Waals surface area contributed by atoms with Gasteiger partial charge in [0, 0.05) is 16.3 Å². The number of nitrogens with one attached hydrogen (secondary N) is 2. The molecule has 1 aromatic heterocycles. The first kappa shape index (κ1) is 14.4. The van der Waals surface area contributed by atoms with Crippen LogP contribution in [0.5, 0.6) is 0 Å². The van der Waals surface area contributed by atoms with Gasteiger partial charge in [-0.15, -0.1) is 0 Å². The van der Waals surface area contributed by atoms with Gasteiger partial charge in [-0.2, -0.15) is 0 Å². The van der Waals surface area contributed by atoms with E-state index in [9.17, 15) is 4.79 Å². The number of carbonyl (C=O) groups excluding carboxylic acids is 1. The van der Waals surface area contributed by atoms with E-state index in [1.165, 1.54) is 0 Å². The summed E-state index contributed by atoms with van der Waals surface area (Å²) in [6, 6.07) is 12.1. The molecule has 2 rings (SSSR count). The summed E-state index contributed by atoms with van der Waals surface area (Å²) in [5, 5.41) is 6.11. The Morgan fingerprint density at radius 2 is 2.00 bits per heavy atom. The summed E-state index contributed by atoms with van der Waals surface area (Å²) in [4.78, 5) is 16.2. The molecule has 0 fully saturated rings. The van der Waals surface area contributed by atoms with Crippen LogP contribution in [0.1, 0.15) is 16.1 Å². The van der Waals surface area contributed by atoms with Gasteiger partial charge in [0.2, 0.25) is 0 Å². The van der Waals surface area contributed by atoms with Gasteiger partial charge in [0.25, 0.3) is 5.91 Å². The number of hydrogen-bond donors (Lipinski definition) is 2. The molecule has 0 atom stereocenters. The van der Waals surface area contributed by atoms with E-state index in [2.05, 4.69) is 15.6 Å². The molecule has 0 aliphatic carbocycles. The van der Waals surface area contributed by atoms with Crippen LogP contribution in [-0.2, 0) is 0 Å². The van der Waals surface area contributed by atoms with Crippen molar-refractivity contribution < 1.29 is 4.79 Å². The number of pyridine rings is 1. The maximum atomic E-state index is 11.9. The third-order valence-corrected chi connectivity index (χ3v) is 2.88. The van der Waals surface area contributed by atoms with Crippen LogP contribution < -0.4 is 10.6 Å². The number of thiocarbonyl (C=S) groups is 1. The molecule has 0 unspecified atom stereocenters. The molecule has 0 saturated heterocycles. The third-order valence-electron chi connectivity index (χ3n) is 2.44. The van der Waals surface area contributed by atoms with Crippen molar-refractivity contribution in [1.29, 1.82) is 0 Å². The van der Waals surface area contributed by atoms with Crippen molar-refractivity contribution in [1.82, 2.24) is 10.3 Å². The first-order valence-electron chi connectivity index (χ1n) is 5.86. The Morgan fingerprint density at radius 3 is 2.70 bits per heavy atom. The second kappa shape index (κ2) is 6.45. The van der Waals surface area contributed by atoms with Crippen LogP contribution in [0.2, 0.25) is 5.02 Å². The highest BCUT2D eigenvalue weighted by atomic mass is 35.5. The van der Waals surface area contributed by atoms with E-state index in [0.29, 0.717) is 16.4 Å². The smallest absolute Gasteiger partial charge is 0.257 e. The van der Waals surface area contributed by atoms with E-state index in [1.54, 1.807) is 30.3 Å². The van der Waals surface area contributed by atoms with E-state index in [0.717, 1.165) is 5.69 Å². The maximum Gasteiger partial charge on any atom is 0.257 e. The average Bonchev–Trinajstić information content (AvgIpc) is 2.38. The summed E-state index contributed by atoms with van der Waals surface area (Å²) in [6.07, 6.45) is 0. The second-order valence-corrected chi connectivity index (χ2v) is 4.93. The predicted molar refractivity (Wildman–Crippen MR) is 84.1 cm³/mol. The number of nitrogens with zero attached hydrogens (tertiary/aromatic N) is 1. The number of rotatable bonds is 2. The van der Waals surface area contributed by atoms with Crippen molar-refractivity contribution in [3.05, 3.63) is 58.7 Å². The number of carbonyl (C=O) groups is 1. The molecule has 1 amide bonds. The third kappa shape index (κ3) is 4.01. The minimum atomic E-state index is -0.322. The molecule has 0 saturated carbocycles. The van der Waals surface area contributed by atoms with Crippen LogP contribution in [0.4, 0.5) is 5.82 Å². The van der Waals surface area contributed by atoms with Crippen LogP contribution in [0.25, 0.3) is 0 Å². The van der Waals surface area contributed by atoms with Gasteiger partial charge < -0.3 is 5.32 Å². The molecule has 6 heteroatoms. The van der Waals surface area contributed by atoms with Crippen molar-refractivity contribution in [2.24, 2.45) is 0 Å². The molecule has 20 heavy (non-hydrogen) atoms. The first-order chi connectivity index (χ1) is 9.54. The fraction of sp³-hybridized carbons (Fsp3) is 0.0714. The fourth-order valence-electron chi connectivity index (χ4n) is 1.57. The molecule has 2 aromatic rings. The van der Waals surface area contributed by atoms with Crippen molar-refractivity contribution in [3.8, 4) is 0 Å². The van der Waals surface area contributed by atoms with Crippen molar-refractivity contribution >= 4 is 40.7 Å². The largest absolute Gasteiger partial charge is 0.317 e. The molecule has 0 spiro atoms. The predicted octanol–water partition coefficient (Wildman–Crippen LogP) is 3.17. The molecular weight excluding hydrogens is 294 g/mol. The van der Waals surface area contributed by atoms with Crippen LogP contribution >= 0.6 is 23.8 Å². The Morgan fingerprint density at radius 1 is 1.25 bits per heavy atom. The number of aromatic nitrogens is 1. The zero-order valence-electron chi connectivity index (χ0n) is 10.7. The summed E-state index contributed by atoms with van der Waals surface area (Å²) >= 11 is 10.9. The van der Waals surface area contributed by atoms with E-state index < -0.39 is 0 Å². The number of hydrogen-bond acceptors (Lipinski definition) is 3. The number of aryl methyl sites for hydroxylation is 1. The Kier molecular flexibility index (Phi) is 4.65. The lowest BCUT2D eigenvalue weighted by Gasteiger charge is -2.09. The quantitative estimate of drug-likeness (QED) is 0.837. The van der Waals surface area contributed by atoms with Gasteiger partial charge >= 0.3 is 0 Å². The van der Waals surface area contributed by atoms with E-state index in [4.69, 9.17) is 23.8 Å². The minimum absolute atomic E-state index is 0.188. The zero-order valence-corrected chi connectivity index (χ0v) is 12.3. The number of amides is 1. The lowest BCUT2D eigenvalue weighted by molar-refractivity contribution is 0.0977. The van der Waals surface area contributed by atoms with Crippen molar-refractivity contribution in [2.45, 2.75) is 6.92 Å². The molecule has 2 N–H and O–H groups in total. The summed E-state index contributed by atoms with van der Waals surface area (Å²) in [7, 11) is 0. The van der Waals surface area contributed by atoms with Gasteiger partial charge in [-0.1, -0.05) is 23.7 Å². The highest BCUT2D eigenvalue weighted by Crippen LogP contribution is 2.10. The fourth-order valence-corrected chi connectivity index (χ4v) is 1.95. The standard InChI is InChI=1S/C14H12ClN3OS/c1-9-4-2-7-12(16-9)17-14(20)18-13(19)10-5-3-6-11(15)8-10/h2-8H,1H3,(H2,16,17,18,19,20). The Bertz CT molecular complexity index is 660. The molecule has 1 aromatic carbocycles. The SMILES string of the molecule is Cc1cccc(NC(=S)NC(=O)c2cccc(Cl)c2)n1. The van der Waals surface area contributed by atoms with Crippen LogP contribution in [0, 0.1) is 6.92 Å². The summed E-state index contributed by atoms with van der Waals surface area (Å²) in [5.74, 6) is 0.263. The van der Waals surface area contributed by atoms with E-state index in [-0.39, 0.29) is 11.0 Å². The summed E-state index contributed by atoms with van der Waals surface area (Å²) < 4.78 is 0. The normalized spacial score (nSPS) is 9.90. The molecule has 102 valence electrons. The Balaban J connectivity index is 1.99. The Hall–Kier alpha value is -1.98. The Labute approximate surface area is 127 Å². The van der Waals surface area contributed by atoms with E-state index in [1.807, 2.05) is 19.1 Å². The number of anilines is 1. The molecule has 0 bridgehead atoms. The number of benzene rings is 1. The van der Waals surface area contributed by atoms with Crippen molar-refractivity contribution in [3.63, 3.8) is 0 Å². The lowest BCUT2D eigenvalue weighted by Crippen LogP contribution is -2.34. The second-order valence-electron chi connectivity index (χ2n) is 4.08. The zero-order chi connectivity index (χ0) is 14.5. The molecule has 1 heterocycles. The lowest BCUT2D eigenvalue weighted by atomic mass is 10.2. The van der Waals surface area contributed by atoms with Crippen LogP contribution in [0.3, 0.4) is 0 Å². The minimum Gasteiger partial charge on any atom is -0.317 e. The van der Waals surface area contributed by atoms with Gasteiger partial charge in [0.05, 0.1) is 0 Å². The number of halogens is 1. The molecule has 0 radical (unpaired) electrons. The van der Waals surface area contributed by atoms with Crippen molar-refractivity contribution in [2.75, 3.05) is 5.32 Å². The highest BCUT2D eigenvalue weighted by Gasteiger charge is 2.08. The monoisotopic (exact) mass is 305 g/mol. The van der Waals surface area contributed by atoms with Gasteiger partial charge in [-0.05, 0) is 49.5 Å². The average molecular weight is 306 g/mol. The topological polar surface area (TPSA) is 54.0 Å². The molecular formula is C14H12ClN3OS. The molecule has 0 aliphatic heterocycles. The van der Waals surface area contributed by atoms with Gasteiger partial charge in [0.1, 0.15) is 5.82 Å². The summed E-state index contributed by atoms with van der Waals surface area (Å²) in [5.41, 5.74) is 1.30. The van der Waals surface area contributed by atoms with Gasteiger partial charge in [-0.3, -0.25) is 10.1 Å².